The minimum absolute atomic E-state index is 0.0926. The molecule has 152 valence electrons. The molecule has 28 heavy (non-hydrogen) atoms. The Morgan fingerprint density at radius 1 is 1.07 bits per heavy atom. The third-order valence-corrected chi connectivity index (χ3v) is 3.78. The first kappa shape index (κ1) is 21.3. The Bertz CT molecular complexity index is 743. The number of hydrogen-bond donors (Lipinski definition) is 2. The molecular weight excluding hydrogens is 368 g/mol. The Balaban J connectivity index is 1.79. The number of para-hydroxylation sites is 1. The molecule has 2 rings (SSSR count). The van der Waals surface area contributed by atoms with Crippen molar-refractivity contribution in [3.63, 3.8) is 0 Å². The highest BCUT2D eigenvalue weighted by atomic mass is 19.3. The Hall–Kier alpha value is -3.03. The van der Waals surface area contributed by atoms with Gasteiger partial charge in [0, 0.05) is 25.7 Å². The number of ether oxygens (including phenoxy) is 3. The second kappa shape index (κ2) is 11.6. The molecule has 2 N–H and O–H groups in total. The molecular formula is C20H25F2N3O3. The summed E-state index contributed by atoms with van der Waals surface area (Å²) in [6.45, 7) is -1.44. The normalized spacial score (nSPS) is 11.2. The molecule has 0 atom stereocenters. The van der Waals surface area contributed by atoms with Gasteiger partial charge in [-0.3, -0.25) is 4.99 Å². The molecule has 0 saturated heterocycles. The van der Waals surface area contributed by atoms with Crippen molar-refractivity contribution >= 4 is 5.96 Å². The van der Waals surface area contributed by atoms with Crippen LogP contribution in [0.2, 0.25) is 0 Å². The number of aliphatic imine (C=N–C) groups is 1. The van der Waals surface area contributed by atoms with Gasteiger partial charge in [-0.1, -0.05) is 18.2 Å². The standard InChI is InChI=1S/C20H25F2N3O3/c1-23-20(24-11-6-12-27-16-7-4-3-5-8-16)25-14-15-13-17(26-2)9-10-18(15)28-19(21)22/h3-5,7-10,13,19H,6,11-12,14H2,1-2H3,(H2,23,24,25). The maximum Gasteiger partial charge on any atom is 0.387 e. The second-order valence-corrected chi connectivity index (χ2v) is 5.72. The van der Waals surface area contributed by atoms with Gasteiger partial charge in [0.15, 0.2) is 5.96 Å². The first-order valence-corrected chi connectivity index (χ1v) is 8.86. The summed E-state index contributed by atoms with van der Waals surface area (Å²) in [5.41, 5.74) is 0.537. The molecule has 0 aliphatic rings. The minimum atomic E-state index is -2.89. The van der Waals surface area contributed by atoms with Crippen molar-refractivity contribution < 1.29 is 23.0 Å². The molecule has 0 aromatic heterocycles. The molecule has 0 bridgehead atoms. The number of rotatable bonds is 10. The van der Waals surface area contributed by atoms with Crippen LogP contribution in [0.1, 0.15) is 12.0 Å². The predicted octanol–water partition coefficient (Wildman–Crippen LogP) is 3.43. The molecule has 0 amide bonds. The maximum atomic E-state index is 12.6. The molecule has 6 nitrogen and oxygen atoms in total. The molecule has 0 spiro atoms. The third kappa shape index (κ3) is 7.30. The number of benzene rings is 2. The number of hydrogen-bond acceptors (Lipinski definition) is 4. The zero-order chi connectivity index (χ0) is 20.2. The lowest BCUT2D eigenvalue weighted by molar-refractivity contribution is -0.0504. The van der Waals surface area contributed by atoms with Crippen LogP contribution in [0.15, 0.2) is 53.5 Å². The van der Waals surface area contributed by atoms with Crippen molar-refractivity contribution in [3.05, 3.63) is 54.1 Å². The summed E-state index contributed by atoms with van der Waals surface area (Å²) < 4.78 is 40.5. The van der Waals surface area contributed by atoms with Gasteiger partial charge in [-0.25, -0.2) is 0 Å². The second-order valence-electron chi connectivity index (χ2n) is 5.72. The summed E-state index contributed by atoms with van der Waals surface area (Å²) in [6.07, 6.45) is 0.772. The summed E-state index contributed by atoms with van der Waals surface area (Å²) in [5.74, 6) is 2.02. The van der Waals surface area contributed by atoms with E-state index in [0.29, 0.717) is 30.4 Å². The van der Waals surface area contributed by atoms with Gasteiger partial charge in [0.1, 0.15) is 17.2 Å². The molecule has 2 aromatic carbocycles. The largest absolute Gasteiger partial charge is 0.497 e. The molecule has 0 unspecified atom stereocenters. The fraction of sp³-hybridized carbons (Fsp3) is 0.350. The smallest absolute Gasteiger partial charge is 0.387 e. The lowest BCUT2D eigenvalue weighted by Crippen LogP contribution is -2.37. The lowest BCUT2D eigenvalue weighted by Gasteiger charge is -2.15. The number of guanidine groups is 1. The minimum Gasteiger partial charge on any atom is -0.497 e. The fourth-order valence-electron chi connectivity index (χ4n) is 2.42. The van der Waals surface area contributed by atoms with Crippen molar-refractivity contribution in [2.24, 2.45) is 4.99 Å². The highest BCUT2D eigenvalue weighted by Crippen LogP contribution is 2.25. The van der Waals surface area contributed by atoms with Gasteiger partial charge in [-0.2, -0.15) is 8.78 Å². The van der Waals surface area contributed by atoms with Gasteiger partial charge < -0.3 is 24.8 Å². The number of methoxy groups -OCH3 is 1. The first-order chi connectivity index (χ1) is 13.6. The van der Waals surface area contributed by atoms with Crippen LogP contribution in [0, 0.1) is 0 Å². The van der Waals surface area contributed by atoms with Crippen LogP contribution in [0.5, 0.6) is 17.2 Å². The van der Waals surface area contributed by atoms with E-state index in [1.165, 1.54) is 13.2 Å². The quantitative estimate of drug-likeness (QED) is 0.368. The van der Waals surface area contributed by atoms with Crippen molar-refractivity contribution in [1.82, 2.24) is 10.6 Å². The van der Waals surface area contributed by atoms with Gasteiger partial charge in [0.2, 0.25) is 0 Å². The van der Waals surface area contributed by atoms with Crippen LogP contribution in [0.4, 0.5) is 8.78 Å². The van der Waals surface area contributed by atoms with E-state index in [9.17, 15) is 8.78 Å². The van der Waals surface area contributed by atoms with E-state index in [4.69, 9.17) is 9.47 Å². The average molecular weight is 393 g/mol. The van der Waals surface area contributed by atoms with E-state index in [1.807, 2.05) is 30.3 Å². The van der Waals surface area contributed by atoms with Crippen molar-refractivity contribution in [1.29, 1.82) is 0 Å². The van der Waals surface area contributed by atoms with Crippen LogP contribution in [0.3, 0.4) is 0 Å². The lowest BCUT2D eigenvalue weighted by atomic mass is 10.2. The van der Waals surface area contributed by atoms with Crippen molar-refractivity contribution in [3.8, 4) is 17.2 Å². The zero-order valence-corrected chi connectivity index (χ0v) is 16.0. The Morgan fingerprint density at radius 3 is 2.54 bits per heavy atom. The monoisotopic (exact) mass is 393 g/mol. The topological polar surface area (TPSA) is 64.1 Å². The average Bonchev–Trinajstić information content (AvgIpc) is 2.71. The maximum absolute atomic E-state index is 12.6. The highest BCUT2D eigenvalue weighted by Gasteiger charge is 2.11. The van der Waals surface area contributed by atoms with Crippen LogP contribution in [-0.4, -0.2) is 39.9 Å². The van der Waals surface area contributed by atoms with Crippen molar-refractivity contribution in [2.75, 3.05) is 27.3 Å². The van der Waals surface area contributed by atoms with E-state index < -0.39 is 6.61 Å². The predicted molar refractivity (Wildman–Crippen MR) is 104 cm³/mol. The van der Waals surface area contributed by atoms with Gasteiger partial charge in [-0.15, -0.1) is 0 Å². The van der Waals surface area contributed by atoms with Gasteiger partial charge in [0.05, 0.1) is 13.7 Å². The summed E-state index contributed by atoms with van der Waals surface area (Å²) in [5, 5.41) is 6.23. The summed E-state index contributed by atoms with van der Waals surface area (Å²) in [4.78, 5) is 4.13. The van der Waals surface area contributed by atoms with Gasteiger partial charge in [0.25, 0.3) is 0 Å². The number of nitrogens with one attached hydrogen (secondary N) is 2. The number of halogens is 2. The van der Waals surface area contributed by atoms with E-state index in [2.05, 4.69) is 20.4 Å². The summed E-state index contributed by atoms with van der Waals surface area (Å²) >= 11 is 0. The summed E-state index contributed by atoms with van der Waals surface area (Å²) in [7, 11) is 3.15. The van der Waals surface area contributed by atoms with Gasteiger partial charge >= 0.3 is 6.61 Å². The Labute approximate surface area is 163 Å². The van der Waals surface area contributed by atoms with E-state index >= 15 is 0 Å². The molecule has 0 fully saturated rings. The Kier molecular flexibility index (Phi) is 8.84. The highest BCUT2D eigenvalue weighted by molar-refractivity contribution is 5.79. The van der Waals surface area contributed by atoms with E-state index in [-0.39, 0.29) is 12.3 Å². The molecule has 0 radical (unpaired) electrons. The molecule has 0 saturated carbocycles. The zero-order valence-electron chi connectivity index (χ0n) is 16.0. The van der Waals surface area contributed by atoms with Crippen LogP contribution >= 0.6 is 0 Å². The van der Waals surface area contributed by atoms with E-state index in [0.717, 1.165) is 12.2 Å². The fourth-order valence-corrected chi connectivity index (χ4v) is 2.42. The summed E-state index contributed by atoms with van der Waals surface area (Å²) in [6, 6.07) is 14.3. The molecule has 8 heteroatoms. The van der Waals surface area contributed by atoms with Crippen LogP contribution in [-0.2, 0) is 6.54 Å². The number of alkyl halides is 2. The third-order valence-electron chi connectivity index (χ3n) is 3.78. The van der Waals surface area contributed by atoms with E-state index in [1.54, 1.807) is 19.2 Å². The van der Waals surface area contributed by atoms with Crippen LogP contribution in [0.25, 0.3) is 0 Å². The molecule has 0 heterocycles. The molecule has 0 aliphatic carbocycles. The molecule has 0 aliphatic heterocycles. The first-order valence-electron chi connectivity index (χ1n) is 8.86. The van der Waals surface area contributed by atoms with Gasteiger partial charge in [-0.05, 0) is 36.8 Å². The van der Waals surface area contributed by atoms with Crippen LogP contribution < -0.4 is 24.8 Å². The number of nitrogens with zero attached hydrogens (tertiary/aromatic N) is 1. The Morgan fingerprint density at radius 2 is 1.86 bits per heavy atom. The van der Waals surface area contributed by atoms with Crippen molar-refractivity contribution in [2.45, 2.75) is 19.6 Å². The molecule has 2 aromatic rings. The SMILES string of the molecule is CN=C(NCCCOc1ccccc1)NCc1cc(OC)ccc1OC(F)F.